The topological polar surface area (TPSA) is 52.9 Å². The van der Waals surface area contributed by atoms with Gasteiger partial charge in [0.1, 0.15) is 5.41 Å². The van der Waals surface area contributed by atoms with Gasteiger partial charge in [0.05, 0.1) is 12.1 Å². The van der Waals surface area contributed by atoms with E-state index < -0.39 is 5.41 Å². The fourth-order valence-electron chi connectivity index (χ4n) is 1.67. The van der Waals surface area contributed by atoms with Crippen molar-refractivity contribution in [2.45, 2.75) is 25.8 Å². The standard InChI is InChI=1S/C13H14N2O/c1-10(11-5-3-2-4-6-11)15-12(16)13(9-14)7-8-13/h2-6,10H,7-8H2,1H3,(H,15,16)/t10-/m0/s1. The van der Waals surface area contributed by atoms with Gasteiger partial charge in [0, 0.05) is 0 Å². The highest BCUT2D eigenvalue weighted by Gasteiger charge is 2.50. The Balaban J connectivity index is 2.01. The lowest BCUT2D eigenvalue weighted by Crippen LogP contribution is -2.33. The molecule has 0 aliphatic heterocycles. The van der Waals surface area contributed by atoms with Gasteiger partial charge in [-0.15, -0.1) is 0 Å². The normalized spacial score (nSPS) is 18.2. The van der Waals surface area contributed by atoms with Crippen LogP contribution >= 0.6 is 0 Å². The van der Waals surface area contributed by atoms with E-state index in [0.29, 0.717) is 12.8 Å². The molecule has 2 rings (SSSR count). The van der Waals surface area contributed by atoms with Gasteiger partial charge in [0.2, 0.25) is 5.91 Å². The average molecular weight is 214 g/mol. The molecule has 0 saturated heterocycles. The molecule has 0 heterocycles. The van der Waals surface area contributed by atoms with Gasteiger partial charge in [-0.25, -0.2) is 0 Å². The lowest BCUT2D eigenvalue weighted by atomic mass is 10.1. The van der Waals surface area contributed by atoms with E-state index >= 15 is 0 Å². The molecule has 0 unspecified atom stereocenters. The zero-order valence-electron chi connectivity index (χ0n) is 9.23. The number of hydrogen-bond donors (Lipinski definition) is 1. The monoisotopic (exact) mass is 214 g/mol. The average Bonchev–Trinajstić information content (AvgIpc) is 3.11. The molecule has 0 radical (unpaired) electrons. The summed E-state index contributed by atoms with van der Waals surface area (Å²) in [6.07, 6.45) is 1.38. The van der Waals surface area contributed by atoms with Gasteiger partial charge in [-0.05, 0) is 25.3 Å². The molecule has 3 heteroatoms. The molecule has 0 aromatic heterocycles. The Kier molecular flexibility index (Phi) is 2.66. The van der Waals surface area contributed by atoms with E-state index in [9.17, 15) is 4.79 Å². The third kappa shape index (κ3) is 1.92. The Morgan fingerprint density at radius 1 is 1.44 bits per heavy atom. The number of benzene rings is 1. The molecule has 1 amide bonds. The van der Waals surface area contributed by atoms with Crippen molar-refractivity contribution in [1.82, 2.24) is 5.32 Å². The highest BCUT2D eigenvalue weighted by molar-refractivity contribution is 5.88. The van der Waals surface area contributed by atoms with Crippen molar-refractivity contribution in [1.29, 1.82) is 5.26 Å². The van der Waals surface area contributed by atoms with Crippen LogP contribution in [0.15, 0.2) is 30.3 Å². The highest BCUT2D eigenvalue weighted by Crippen LogP contribution is 2.45. The molecule has 1 atom stereocenters. The van der Waals surface area contributed by atoms with E-state index in [1.54, 1.807) is 0 Å². The Labute approximate surface area is 95.1 Å². The molecule has 1 aliphatic carbocycles. The molecular formula is C13H14N2O. The van der Waals surface area contributed by atoms with Crippen LogP contribution in [0.3, 0.4) is 0 Å². The molecule has 1 aliphatic rings. The second-order valence-corrected chi connectivity index (χ2v) is 4.30. The minimum absolute atomic E-state index is 0.0421. The summed E-state index contributed by atoms with van der Waals surface area (Å²) in [4.78, 5) is 11.8. The van der Waals surface area contributed by atoms with Crippen molar-refractivity contribution in [3.8, 4) is 6.07 Å². The summed E-state index contributed by atoms with van der Waals surface area (Å²) >= 11 is 0. The summed E-state index contributed by atoms with van der Waals surface area (Å²) in [7, 11) is 0. The molecule has 1 fully saturated rings. The van der Waals surface area contributed by atoms with Crippen molar-refractivity contribution in [3.63, 3.8) is 0 Å². The summed E-state index contributed by atoms with van der Waals surface area (Å²) in [5.74, 6) is -0.133. The molecule has 16 heavy (non-hydrogen) atoms. The first kappa shape index (κ1) is 10.7. The summed E-state index contributed by atoms with van der Waals surface area (Å²) in [6.45, 7) is 1.93. The maximum absolute atomic E-state index is 11.8. The number of carbonyl (C=O) groups is 1. The number of nitriles is 1. The summed E-state index contributed by atoms with van der Waals surface area (Å²) in [6, 6.07) is 11.8. The molecule has 1 saturated carbocycles. The quantitative estimate of drug-likeness (QED) is 0.838. The van der Waals surface area contributed by atoms with Gasteiger partial charge < -0.3 is 5.32 Å². The number of nitrogens with zero attached hydrogens (tertiary/aromatic N) is 1. The van der Waals surface area contributed by atoms with Crippen LogP contribution in [0.25, 0.3) is 0 Å². The molecule has 1 aromatic carbocycles. The maximum atomic E-state index is 11.8. The maximum Gasteiger partial charge on any atom is 0.240 e. The number of rotatable bonds is 3. The van der Waals surface area contributed by atoms with Gasteiger partial charge in [0.25, 0.3) is 0 Å². The lowest BCUT2D eigenvalue weighted by Gasteiger charge is -2.16. The van der Waals surface area contributed by atoms with Crippen LogP contribution in [-0.4, -0.2) is 5.91 Å². The Morgan fingerprint density at radius 3 is 2.56 bits per heavy atom. The van der Waals surface area contributed by atoms with Gasteiger partial charge >= 0.3 is 0 Å². The van der Waals surface area contributed by atoms with Crippen molar-refractivity contribution >= 4 is 5.91 Å². The van der Waals surface area contributed by atoms with Crippen LogP contribution in [0.1, 0.15) is 31.4 Å². The van der Waals surface area contributed by atoms with Gasteiger partial charge in [-0.3, -0.25) is 4.79 Å². The predicted octanol–water partition coefficient (Wildman–Crippen LogP) is 2.17. The van der Waals surface area contributed by atoms with Crippen molar-refractivity contribution in [2.24, 2.45) is 5.41 Å². The molecule has 0 spiro atoms. The summed E-state index contributed by atoms with van der Waals surface area (Å²) in [5.41, 5.74) is 0.327. The fourth-order valence-corrected chi connectivity index (χ4v) is 1.67. The second kappa shape index (κ2) is 3.97. The van der Waals surface area contributed by atoms with E-state index in [4.69, 9.17) is 5.26 Å². The lowest BCUT2D eigenvalue weighted by molar-refractivity contribution is -0.125. The first-order valence-corrected chi connectivity index (χ1v) is 5.45. The highest BCUT2D eigenvalue weighted by atomic mass is 16.2. The zero-order chi connectivity index (χ0) is 11.6. The van der Waals surface area contributed by atoms with Gasteiger partial charge in [0.15, 0.2) is 0 Å². The van der Waals surface area contributed by atoms with Crippen molar-refractivity contribution in [3.05, 3.63) is 35.9 Å². The predicted molar refractivity (Wildman–Crippen MR) is 60.3 cm³/mol. The third-order valence-corrected chi connectivity index (χ3v) is 3.05. The summed E-state index contributed by atoms with van der Waals surface area (Å²) < 4.78 is 0. The van der Waals surface area contributed by atoms with E-state index in [-0.39, 0.29) is 11.9 Å². The minimum atomic E-state index is -0.733. The Hall–Kier alpha value is -1.82. The van der Waals surface area contributed by atoms with Crippen LogP contribution in [0, 0.1) is 16.7 Å². The Morgan fingerprint density at radius 2 is 2.06 bits per heavy atom. The zero-order valence-corrected chi connectivity index (χ0v) is 9.23. The SMILES string of the molecule is C[C@H](NC(=O)C1(C#N)CC1)c1ccccc1. The number of hydrogen-bond acceptors (Lipinski definition) is 2. The Bertz CT molecular complexity index is 429. The van der Waals surface area contributed by atoms with Crippen molar-refractivity contribution < 1.29 is 4.79 Å². The van der Waals surface area contributed by atoms with Crippen LogP contribution < -0.4 is 5.32 Å². The van der Waals surface area contributed by atoms with Crippen LogP contribution in [0.2, 0.25) is 0 Å². The van der Waals surface area contributed by atoms with Gasteiger partial charge in [-0.1, -0.05) is 30.3 Å². The number of amides is 1. The minimum Gasteiger partial charge on any atom is -0.348 e. The molecular weight excluding hydrogens is 200 g/mol. The largest absolute Gasteiger partial charge is 0.348 e. The summed E-state index contributed by atoms with van der Waals surface area (Å²) in [5, 5.41) is 11.8. The number of nitrogens with one attached hydrogen (secondary N) is 1. The smallest absolute Gasteiger partial charge is 0.240 e. The van der Waals surface area contributed by atoms with Crippen molar-refractivity contribution in [2.75, 3.05) is 0 Å². The first-order valence-electron chi connectivity index (χ1n) is 5.45. The fraction of sp³-hybridized carbons (Fsp3) is 0.385. The van der Waals surface area contributed by atoms with E-state index in [0.717, 1.165) is 5.56 Å². The third-order valence-electron chi connectivity index (χ3n) is 3.05. The number of carbonyl (C=O) groups excluding carboxylic acids is 1. The van der Waals surface area contributed by atoms with E-state index in [1.165, 1.54) is 0 Å². The molecule has 0 bridgehead atoms. The molecule has 1 aromatic rings. The van der Waals surface area contributed by atoms with Crippen LogP contribution in [-0.2, 0) is 4.79 Å². The van der Waals surface area contributed by atoms with E-state index in [2.05, 4.69) is 11.4 Å². The van der Waals surface area contributed by atoms with Gasteiger partial charge in [-0.2, -0.15) is 5.26 Å². The molecule has 1 N–H and O–H groups in total. The molecule has 82 valence electrons. The molecule has 3 nitrogen and oxygen atoms in total. The van der Waals surface area contributed by atoms with E-state index in [1.807, 2.05) is 37.3 Å². The second-order valence-electron chi connectivity index (χ2n) is 4.30. The van der Waals surface area contributed by atoms with Crippen LogP contribution in [0.5, 0.6) is 0 Å². The first-order chi connectivity index (χ1) is 7.68. The van der Waals surface area contributed by atoms with Crippen LogP contribution in [0.4, 0.5) is 0 Å².